The van der Waals surface area contributed by atoms with E-state index in [0.29, 0.717) is 0 Å². The summed E-state index contributed by atoms with van der Waals surface area (Å²) in [5, 5.41) is 5.50. The number of halogens is 1. The number of hydrogen-bond donors (Lipinski definition) is 1. The number of rotatable bonds is 3. The molecule has 100 valence electrons. The lowest BCUT2D eigenvalue weighted by Crippen LogP contribution is -2.28. The Morgan fingerprint density at radius 2 is 2.37 bits per heavy atom. The van der Waals surface area contributed by atoms with E-state index in [1.807, 2.05) is 0 Å². The van der Waals surface area contributed by atoms with Crippen LogP contribution in [0.5, 0.6) is 0 Å². The average Bonchev–Trinajstić information content (AvgIpc) is 2.83. The normalized spacial score (nSPS) is 14.2. The van der Waals surface area contributed by atoms with Gasteiger partial charge in [-0.1, -0.05) is 0 Å². The first-order valence-corrected chi connectivity index (χ1v) is 7.89. The third kappa shape index (κ3) is 2.80. The van der Waals surface area contributed by atoms with E-state index >= 15 is 0 Å². The van der Waals surface area contributed by atoms with Crippen molar-refractivity contribution >= 4 is 33.1 Å². The molecule has 0 amide bonds. The van der Waals surface area contributed by atoms with Crippen LogP contribution in [-0.2, 0) is 19.5 Å². The van der Waals surface area contributed by atoms with Gasteiger partial charge in [-0.05, 0) is 22.0 Å². The van der Waals surface area contributed by atoms with E-state index < -0.39 is 0 Å². The zero-order chi connectivity index (χ0) is 13.2. The fourth-order valence-electron chi connectivity index (χ4n) is 2.33. The highest BCUT2D eigenvalue weighted by Gasteiger charge is 2.17. The first-order valence-electron chi connectivity index (χ1n) is 6.21. The van der Waals surface area contributed by atoms with E-state index in [4.69, 9.17) is 0 Å². The quantitative estimate of drug-likeness (QED) is 0.933. The van der Waals surface area contributed by atoms with Crippen LogP contribution in [-0.4, -0.2) is 23.6 Å². The molecule has 3 heterocycles. The zero-order valence-corrected chi connectivity index (χ0v) is 13.1. The molecule has 0 aliphatic carbocycles. The third-order valence-corrected chi connectivity index (χ3v) is 4.91. The molecule has 4 nitrogen and oxygen atoms in total. The smallest absolute Gasteiger partial charge is 0.136 e. The molecule has 0 saturated carbocycles. The molecule has 2 aromatic heterocycles. The summed E-state index contributed by atoms with van der Waals surface area (Å²) in [6.45, 7) is 2.74. The van der Waals surface area contributed by atoms with Crippen molar-refractivity contribution in [3.8, 4) is 0 Å². The van der Waals surface area contributed by atoms with E-state index in [-0.39, 0.29) is 0 Å². The highest BCUT2D eigenvalue weighted by molar-refractivity contribution is 9.10. The Kier molecular flexibility index (Phi) is 3.81. The van der Waals surface area contributed by atoms with Gasteiger partial charge in [0.25, 0.3) is 0 Å². The molecule has 3 rings (SSSR count). The maximum atomic E-state index is 4.46. The predicted octanol–water partition coefficient (Wildman–Crippen LogP) is 2.58. The molecule has 0 saturated heterocycles. The van der Waals surface area contributed by atoms with Gasteiger partial charge in [-0.3, -0.25) is 0 Å². The van der Waals surface area contributed by atoms with Gasteiger partial charge < -0.3 is 10.2 Å². The largest absolute Gasteiger partial charge is 0.354 e. The Labute approximate surface area is 125 Å². The predicted molar refractivity (Wildman–Crippen MR) is 81.6 cm³/mol. The average molecular weight is 339 g/mol. The Bertz CT molecular complexity index is 584. The number of fused-ring (bicyclic) bond motifs is 1. The molecule has 1 aliphatic rings. The van der Waals surface area contributed by atoms with Crippen LogP contribution in [0.1, 0.15) is 16.1 Å². The Hall–Kier alpha value is -0.980. The van der Waals surface area contributed by atoms with Crippen molar-refractivity contribution in [2.45, 2.75) is 19.5 Å². The third-order valence-electron chi connectivity index (χ3n) is 3.23. The van der Waals surface area contributed by atoms with E-state index in [1.54, 1.807) is 17.7 Å². The summed E-state index contributed by atoms with van der Waals surface area (Å²) < 4.78 is 1.15. The standard InChI is InChI=1S/C13H15BrN4S/c1-18(6-10-4-9(14)7-19-10)13-11-5-15-3-2-12(11)16-8-17-13/h4,7-8,15H,2-3,5-6H2,1H3. The van der Waals surface area contributed by atoms with E-state index in [9.17, 15) is 0 Å². The number of nitrogens with one attached hydrogen (secondary N) is 1. The maximum absolute atomic E-state index is 4.46. The summed E-state index contributed by atoms with van der Waals surface area (Å²) in [5.74, 6) is 1.04. The summed E-state index contributed by atoms with van der Waals surface area (Å²) in [5.41, 5.74) is 2.43. The highest BCUT2D eigenvalue weighted by Crippen LogP contribution is 2.25. The minimum Gasteiger partial charge on any atom is -0.354 e. The Morgan fingerprint density at radius 1 is 1.47 bits per heavy atom. The first kappa shape index (κ1) is 13.0. The number of hydrogen-bond acceptors (Lipinski definition) is 5. The number of thiophene rings is 1. The molecule has 0 aromatic carbocycles. The lowest BCUT2D eigenvalue weighted by Gasteiger charge is -2.24. The summed E-state index contributed by atoms with van der Waals surface area (Å²) in [6, 6.07) is 2.16. The molecule has 2 aromatic rings. The van der Waals surface area contributed by atoms with Gasteiger partial charge >= 0.3 is 0 Å². The van der Waals surface area contributed by atoms with Gasteiger partial charge in [-0.15, -0.1) is 11.3 Å². The molecule has 0 unspecified atom stereocenters. The van der Waals surface area contributed by atoms with Crippen molar-refractivity contribution in [3.63, 3.8) is 0 Å². The summed E-state index contributed by atoms with van der Waals surface area (Å²) in [4.78, 5) is 12.4. The number of anilines is 1. The highest BCUT2D eigenvalue weighted by atomic mass is 79.9. The van der Waals surface area contributed by atoms with Gasteiger partial charge in [0.15, 0.2) is 0 Å². The SMILES string of the molecule is CN(Cc1cc(Br)cs1)c1ncnc2c1CNCC2. The van der Waals surface area contributed by atoms with Crippen molar-refractivity contribution < 1.29 is 0 Å². The van der Waals surface area contributed by atoms with Crippen molar-refractivity contribution in [3.05, 3.63) is 38.4 Å². The minimum absolute atomic E-state index is 0.865. The van der Waals surface area contributed by atoms with Crippen LogP contribution in [0.3, 0.4) is 0 Å². The molecular formula is C13H15BrN4S. The summed E-state index contributed by atoms with van der Waals surface area (Å²) in [7, 11) is 2.09. The second-order valence-electron chi connectivity index (χ2n) is 4.64. The van der Waals surface area contributed by atoms with E-state index in [1.165, 1.54) is 16.1 Å². The van der Waals surface area contributed by atoms with Gasteiger partial charge in [0.2, 0.25) is 0 Å². The fraction of sp³-hybridized carbons (Fsp3) is 0.385. The van der Waals surface area contributed by atoms with E-state index in [2.05, 4.69) is 54.6 Å². The van der Waals surface area contributed by atoms with Crippen molar-refractivity contribution in [1.82, 2.24) is 15.3 Å². The van der Waals surface area contributed by atoms with Gasteiger partial charge in [0, 0.05) is 46.9 Å². The molecule has 19 heavy (non-hydrogen) atoms. The molecule has 0 atom stereocenters. The summed E-state index contributed by atoms with van der Waals surface area (Å²) in [6.07, 6.45) is 2.67. The number of nitrogens with zero attached hydrogens (tertiary/aromatic N) is 3. The molecule has 1 N–H and O–H groups in total. The summed E-state index contributed by atoms with van der Waals surface area (Å²) >= 11 is 5.26. The van der Waals surface area contributed by atoms with Crippen LogP contribution in [0.25, 0.3) is 0 Å². The molecule has 0 bridgehead atoms. The fourth-order valence-corrected chi connectivity index (χ4v) is 3.83. The monoisotopic (exact) mass is 338 g/mol. The Morgan fingerprint density at radius 3 is 3.16 bits per heavy atom. The molecule has 0 spiro atoms. The second kappa shape index (κ2) is 5.56. The van der Waals surface area contributed by atoms with Crippen LogP contribution in [0.4, 0.5) is 5.82 Å². The topological polar surface area (TPSA) is 41.1 Å². The molecule has 1 aliphatic heterocycles. The van der Waals surface area contributed by atoms with Crippen molar-refractivity contribution in [2.75, 3.05) is 18.5 Å². The van der Waals surface area contributed by atoms with Crippen LogP contribution >= 0.6 is 27.3 Å². The van der Waals surface area contributed by atoms with Crippen LogP contribution in [0.2, 0.25) is 0 Å². The maximum Gasteiger partial charge on any atom is 0.136 e. The van der Waals surface area contributed by atoms with Crippen molar-refractivity contribution in [1.29, 1.82) is 0 Å². The van der Waals surface area contributed by atoms with Gasteiger partial charge in [0.05, 0.1) is 12.2 Å². The number of aromatic nitrogens is 2. The first-order chi connectivity index (χ1) is 9.24. The zero-order valence-electron chi connectivity index (χ0n) is 10.7. The Balaban J connectivity index is 1.85. The molecule has 0 radical (unpaired) electrons. The van der Waals surface area contributed by atoms with Crippen LogP contribution in [0.15, 0.2) is 22.2 Å². The van der Waals surface area contributed by atoms with Gasteiger partial charge in [-0.25, -0.2) is 9.97 Å². The lowest BCUT2D eigenvalue weighted by atomic mass is 10.1. The minimum atomic E-state index is 0.865. The van der Waals surface area contributed by atoms with E-state index in [0.717, 1.165) is 36.3 Å². The molecular weight excluding hydrogens is 324 g/mol. The molecule has 0 fully saturated rings. The second-order valence-corrected chi connectivity index (χ2v) is 6.55. The van der Waals surface area contributed by atoms with Crippen LogP contribution in [0, 0.1) is 0 Å². The lowest BCUT2D eigenvalue weighted by molar-refractivity contribution is 0.623. The van der Waals surface area contributed by atoms with Gasteiger partial charge in [0.1, 0.15) is 12.1 Å². The van der Waals surface area contributed by atoms with Crippen LogP contribution < -0.4 is 10.2 Å². The van der Waals surface area contributed by atoms with Gasteiger partial charge in [-0.2, -0.15) is 0 Å². The molecule has 6 heteroatoms. The van der Waals surface area contributed by atoms with Crippen molar-refractivity contribution in [2.24, 2.45) is 0 Å².